The summed E-state index contributed by atoms with van der Waals surface area (Å²) in [5.74, 6) is 4.55. The maximum Gasteiger partial charge on any atom is 0.225 e. The quantitative estimate of drug-likeness (QED) is 0.589. The van der Waals surface area contributed by atoms with Gasteiger partial charge in [0.25, 0.3) is 0 Å². The van der Waals surface area contributed by atoms with Crippen LogP contribution in [0.2, 0.25) is 0 Å². The van der Waals surface area contributed by atoms with Crippen LogP contribution >= 0.6 is 0 Å². The molecule has 172 valence electrons. The third-order valence-corrected chi connectivity index (χ3v) is 7.75. The second kappa shape index (κ2) is 8.47. The fourth-order valence-electron chi connectivity index (χ4n) is 5.97. The number of benzene rings is 1. The number of fused-ring (bicyclic) bond motifs is 4. The van der Waals surface area contributed by atoms with Gasteiger partial charge in [-0.05, 0) is 36.6 Å². The van der Waals surface area contributed by atoms with Gasteiger partial charge in [-0.1, -0.05) is 38.5 Å². The fraction of sp³-hybridized carbons (Fsp3) is 0.519. The first-order valence-corrected chi connectivity index (χ1v) is 12.4. The smallest absolute Gasteiger partial charge is 0.225 e. The number of hydrogen-bond acceptors (Lipinski definition) is 5. The normalized spacial score (nSPS) is 25.7. The molecule has 2 saturated carbocycles. The summed E-state index contributed by atoms with van der Waals surface area (Å²) in [5.41, 5.74) is 2.08. The Morgan fingerprint density at radius 1 is 1.09 bits per heavy atom. The van der Waals surface area contributed by atoms with E-state index in [2.05, 4.69) is 16.4 Å². The monoisotopic (exact) mass is 446 g/mol. The third kappa shape index (κ3) is 4.11. The molecule has 6 rings (SSSR count). The van der Waals surface area contributed by atoms with E-state index in [1.54, 1.807) is 6.20 Å². The van der Waals surface area contributed by atoms with Crippen LogP contribution in [0.4, 0.5) is 5.82 Å². The van der Waals surface area contributed by atoms with Crippen molar-refractivity contribution < 1.29 is 19.1 Å². The second-order valence-corrected chi connectivity index (χ2v) is 10.1. The number of aromatic nitrogens is 1. The Morgan fingerprint density at radius 2 is 1.94 bits per heavy atom. The molecule has 0 spiro atoms. The highest BCUT2D eigenvalue weighted by molar-refractivity contribution is 5.93. The summed E-state index contributed by atoms with van der Waals surface area (Å²) in [6.07, 6.45) is 11.9. The Balaban J connectivity index is 1.12. The zero-order valence-electron chi connectivity index (χ0n) is 18.8. The molecule has 0 bridgehead atoms. The van der Waals surface area contributed by atoms with Crippen molar-refractivity contribution in [3.05, 3.63) is 41.6 Å². The first-order valence-electron chi connectivity index (χ1n) is 12.4. The summed E-state index contributed by atoms with van der Waals surface area (Å²) in [6.45, 7) is 0. The van der Waals surface area contributed by atoms with E-state index in [1.165, 1.54) is 38.5 Å². The molecule has 6 heteroatoms. The molecule has 33 heavy (non-hydrogen) atoms. The van der Waals surface area contributed by atoms with E-state index in [0.29, 0.717) is 48.6 Å². The lowest BCUT2D eigenvalue weighted by molar-refractivity contribution is -0.120. The van der Waals surface area contributed by atoms with Gasteiger partial charge in [0.1, 0.15) is 35.0 Å². The zero-order valence-corrected chi connectivity index (χ0v) is 18.8. The van der Waals surface area contributed by atoms with Crippen LogP contribution in [0.5, 0.6) is 17.2 Å². The molecule has 1 aromatic carbocycles. The highest BCUT2D eigenvalue weighted by Gasteiger charge is 2.59. The summed E-state index contributed by atoms with van der Waals surface area (Å²) in [5, 5.41) is 2.82. The van der Waals surface area contributed by atoms with Crippen molar-refractivity contribution in [3.63, 3.8) is 0 Å². The molecule has 3 heterocycles. The average Bonchev–Trinajstić information content (AvgIpc) is 3.42. The number of carbonyl (C=O) groups excluding carboxylic acids is 2. The van der Waals surface area contributed by atoms with Gasteiger partial charge in [-0.2, -0.15) is 0 Å². The van der Waals surface area contributed by atoms with Crippen LogP contribution in [0, 0.1) is 11.8 Å². The average molecular weight is 447 g/mol. The number of ketones is 1. The number of Topliss-reactive ketones (excluding diaryl/α,β-unsaturated/α-hetero) is 1. The van der Waals surface area contributed by atoms with Gasteiger partial charge in [-0.15, -0.1) is 0 Å². The van der Waals surface area contributed by atoms with Crippen molar-refractivity contribution in [3.8, 4) is 17.2 Å². The van der Waals surface area contributed by atoms with E-state index in [-0.39, 0.29) is 12.0 Å². The highest BCUT2D eigenvalue weighted by atomic mass is 16.5. The lowest BCUT2D eigenvalue weighted by Crippen LogP contribution is -2.20. The molecule has 0 unspecified atom stereocenters. The molecule has 1 N–H and O–H groups in total. The SMILES string of the molecule is O=C(CC1CCCCCC1)C[C@@H]1[C@H]2Oc3ccc(Oc4ccnc5c4CCC(=O)N5)cc3[C@@H]12. The van der Waals surface area contributed by atoms with Crippen LogP contribution in [0.3, 0.4) is 0 Å². The minimum Gasteiger partial charge on any atom is -0.489 e. The summed E-state index contributed by atoms with van der Waals surface area (Å²) in [7, 11) is 0. The molecular formula is C27H30N2O4. The van der Waals surface area contributed by atoms with Gasteiger partial charge < -0.3 is 14.8 Å². The molecule has 0 radical (unpaired) electrons. The first-order chi connectivity index (χ1) is 16.2. The topological polar surface area (TPSA) is 77.5 Å². The predicted octanol–water partition coefficient (Wildman–Crippen LogP) is 5.55. The molecule has 2 fully saturated rings. The van der Waals surface area contributed by atoms with Crippen molar-refractivity contribution in [2.24, 2.45) is 11.8 Å². The van der Waals surface area contributed by atoms with Gasteiger partial charge in [-0.3, -0.25) is 9.59 Å². The van der Waals surface area contributed by atoms with E-state index >= 15 is 0 Å². The van der Waals surface area contributed by atoms with Gasteiger partial charge in [0, 0.05) is 48.4 Å². The van der Waals surface area contributed by atoms with Crippen LogP contribution < -0.4 is 14.8 Å². The van der Waals surface area contributed by atoms with E-state index in [9.17, 15) is 9.59 Å². The Bertz CT molecular complexity index is 1090. The van der Waals surface area contributed by atoms with Crippen molar-refractivity contribution >= 4 is 17.5 Å². The van der Waals surface area contributed by atoms with E-state index in [4.69, 9.17) is 9.47 Å². The zero-order chi connectivity index (χ0) is 22.4. The number of rotatable bonds is 6. The molecule has 2 aliphatic heterocycles. The number of carbonyl (C=O) groups is 2. The number of amides is 1. The summed E-state index contributed by atoms with van der Waals surface area (Å²) >= 11 is 0. The molecule has 0 saturated heterocycles. The van der Waals surface area contributed by atoms with Crippen molar-refractivity contribution in [1.82, 2.24) is 4.98 Å². The van der Waals surface area contributed by atoms with Gasteiger partial charge >= 0.3 is 0 Å². The maximum absolute atomic E-state index is 12.8. The van der Waals surface area contributed by atoms with E-state index < -0.39 is 0 Å². The molecule has 1 aromatic heterocycles. The summed E-state index contributed by atoms with van der Waals surface area (Å²) in [4.78, 5) is 28.7. The molecule has 2 aliphatic carbocycles. The number of ether oxygens (including phenoxy) is 2. The lowest BCUT2D eigenvalue weighted by atomic mass is 9.92. The summed E-state index contributed by atoms with van der Waals surface area (Å²) < 4.78 is 12.4. The molecule has 4 aliphatic rings. The van der Waals surface area contributed by atoms with Crippen LogP contribution in [0.1, 0.15) is 74.8 Å². The van der Waals surface area contributed by atoms with Crippen molar-refractivity contribution in [1.29, 1.82) is 0 Å². The van der Waals surface area contributed by atoms with Gasteiger partial charge in [0.2, 0.25) is 5.91 Å². The second-order valence-electron chi connectivity index (χ2n) is 10.1. The Morgan fingerprint density at radius 3 is 2.79 bits per heavy atom. The van der Waals surface area contributed by atoms with Crippen molar-refractivity contribution in [2.45, 2.75) is 76.2 Å². The number of anilines is 1. The number of hydrogen-bond donors (Lipinski definition) is 1. The molecule has 3 atom stereocenters. The van der Waals surface area contributed by atoms with Gasteiger partial charge in [0.15, 0.2) is 0 Å². The van der Waals surface area contributed by atoms with Crippen LogP contribution in [0.25, 0.3) is 0 Å². The molecule has 2 aromatic rings. The minimum atomic E-state index is -0.0127. The fourth-order valence-corrected chi connectivity index (χ4v) is 5.97. The number of nitrogens with zero attached hydrogens (tertiary/aromatic N) is 1. The maximum atomic E-state index is 12.8. The Kier molecular flexibility index (Phi) is 5.31. The number of pyridine rings is 1. The molecular weight excluding hydrogens is 416 g/mol. The van der Waals surface area contributed by atoms with Gasteiger partial charge in [0.05, 0.1) is 0 Å². The Labute approximate surface area is 194 Å². The molecule has 1 amide bonds. The van der Waals surface area contributed by atoms with Crippen LogP contribution in [-0.2, 0) is 16.0 Å². The van der Waals surface area contributed by atoms with E-state index in [1.807, 2.05) is 18.2 Å². The first kappa shape index (κ1) is 20.7. The third-order valence-electron chi connectivity index (χ3n) is 7.75. The van der Waals surface area contributed by atoms with Crippen LogP contribution in [0.15, 0.2) is 30.5 Å². The predicted molar refractivity (Wildman–Crippen MR) is 124 cm³/mol. The van der Waals surface area contributed by atoms with Crippen LogP contribution in [-0.4, -0.2) is 22.8 Å². The van der Waals surface area contributed by atoms with E-state index in [0.717, 1.165) is 34.8 Å². The minimum absolute atomic E-state index is 0.0127. The Hall–Kier alpha value is -2.89. The number of nitrogens with one attached hydrogen (secondary N) is 1. The largest absolute Gasteiger partial charge is 0.489 e. The summed E-state index contributed by atoms with van der Waals surface area (Å²) in [6, 6.07) is 7.79. The molecule has 6 nitrogen and oxygen atoms in total. The lowest BCUT2D eigenvalue weighted by Gasteiger charge is -2.19. The standard InChI is InChI=1S/C27H30N2O4/c30-17(13-16-5-3-1-2-4-6-16)14-21-25-20-15-18(7-9-22(20)33-26(21)25)32-23-11-12-28-27-19(23)8-10-24(31)29-27/h7,9,11-12,15-16,21,25-26H,1-6,8,10,13-14H2,(H,28,29,31)/t21-,25-,26+/m0/s1. The highest BCUT2D eigenvalue weighted by Crippen LogP contribution is 2.60. The van der Waals surface area contributed by atoms with Crippen molar-refractivity contribution in [2.75, 3.05) is 5.32 Å². The van der Waals surface area contributed by atoms with Gasteiger partial charge in [-0.25, -0.2) is 4.98 Å².